The molecule has 1 heterocycles. The third-order valence-corrected chi connectivity index (χ3v) is 19.3. The SMILES string of the molecule is CCCCCCCCCCCCOc1ccc(C2(c3cc(O[Si](C)(C)C(C)(C)C)ccc3CO)SCCCS2)cc1OCCCCCCCCCCCC. The summed E-state index contributed by atoms with van der Waals surface area (Å²) in [5, 5.41) is 10.8. The fourth-order valence-corrected chi connectivity index (χ4v) is 11.5. The summed E-state index contributed by atoms with van der Waals surface area (Å²) in [7, 11) is -2.05. The Morgan fingerprint density at radius 1 is 0.630 bits per heavy atom. The molecule has 0 bridgehead atoms. The normalized spacial score (nSPS) is 14.7. The lowest BCUT2D eigenvalue weighted by Crippen LogP contribution is -2.43. The molecule has 0 aliphatic carbocycles. The summed E-state index contributed by atoms with van der Waals surface area (Å²) in [6.45, 7) is 17.5. The van der Waals surface area contributed by atoms with Crippen molar-refractivity contribution in [3.63, 3.8) is 0 Å². The Balaban J connectivity index is 1.76. The second-order valence-corrected chi connectivity index (χ2v) is 24.8. The highest BCUT2D eigenvalue weighted by atomic mass is 32.2. The fourth-order valence-electron chi connectivity index (χ4n) is 7.01. The van der Waals surface area contributed by atoms with E-state index in [0.29, 0.717) is 6.61 Å². The fraction of sp³-hybridized carbons (Fsp3) is 0.745. The number of thioether (sulfide) groups is 2. The Morgan fingerprint density at radius 2 is 1.11 bits per heavy atom. The van der Waals surface area contributed by atoms with E-state index in [4.69, 9.17) is 13.9 Å². The molecule has 2 aromatic carbocycles. The Labute approximate surface area is 342 Å². The number of rotatable bonds is 29. The summed E-state index contributed by atoms with van der Waals surface area (Å²) >= 11 is 3.97. The van der Waals surface area contributed by atoms with Crippen LogP contribution in [0.1, 0.15) is 186 Å². The van der Waals surface area contributed by atoms with Crippen molar-refractivity contribution in [2.24, 2.45) is 0 Å². The van der Waals surface area contributed by atoms with E-state index in [9.17, 15) is 5.11 Å². The van der Waals surface area contributed by atoms with E-state index >= 15 is 0 Å². The maximum atomic E-state index is 10.7. The van der Waals surface area contributed by atoms with Crippen molar-refractivity contribution in [1.29, 1.82) is 0 Å². The van der Waals surface area contributed by atoms with Crippen LogP contribution in [-0.4, -0.2) is 38.1 Å². The quantitative estimate of drug-likeness (QED) is 0.0653. The minimum atomic E-state index is -2.05. The topological polar surface area (TPSA) is 47.9 Å². The van der Waals surface area contributed by atoms with Gasteiger partial charge < -0.3 is 19.0 Å². The first-order valence-corrected chi connectivity index (χ1v) is 27.1. The van der Waals surface area contributed by atoms with Gasteiger partial charge in [0, 0.05) is 0 Å². The number of aliphatic hydroxyl groups is 1. The van der Waals surface area contributed by atoms with Crippen molar-refractivity contribution in [2.75, 3.05) is 24.7 Å². The van der Waals surface area contributed by atoms with Crippen molar-refractivity contribution in [3.8, 4) is 17.2 Å². The van der Waals surface area contributed by atoms with Gasteiger partial charge in [-0.15, -0.1) is 23.5 Å². The predicted octanol–water partition coefficient (Wildman–Crippen LogP) is 15.2. The monoisotopic (exact) mass is 801 g/mol. The number of hydrogen-bond acceptors (Lipinski definition) is 6. The summed E-state index contributed by atoms with van der Waals surface area (Å²) in [6, 6.07) is 13.1. The molecule has 1 fully saturated rings. The standard InChI is InChI=1S/C47H80O4S2Si/c1-8-10-12-14-16-18-20-22-24-26-33-49-44-32-30-41(37-45(44)50-34-27-25-23-21-19-17-15-13-11-9-2)47(52-35-28-36-53-47)43-38-42(31-29-40(43)39-48)51-54(6,7)46(3,4)5/h29-32,37-38,48H,8-28,33-36,39H2,1-7H3. The van der Waals surface area contributed by atoms with Crippen LogP contribution in [0.3, 0.4) is 0 Å². The van der Waals surface area contributed by atoms with Crippen molar-refractivity contribution in [1.82, 2.24) is 0 Å². The van der Waals surface area contributed by atoms with Crippen LogP contribution >= 0.6 is 23.5 Å². The molecule has 2 aromatic rings. The number of benzene rings is 2. The van der Waals surface area contributed by atoms with Crippen LogP contribution in [-0.2, 0) is 10.7 Å². The molecule has 0 amide bonds. The molecule has 0 atom stereocenters. The summed E-state index contributed by atoms with van der Waals surface area (Å²) < 4.78 is 19.6. The van der Waals surface area contributed by atoms with E-state index in [0.717, 1.165) is 59.3 Å². The summed E-state index contributed by atoms with van der Waals surface area (Å²) in [6.07, 6.45) is 27.4. The lowest BCUT2D eigenvalue weighted by molar-refractivity contribution is 0.258. The first kappa shape index (κ1) is 47.1. The van der Waals surface area contributed by atoms with Gasteiger partial charge in [0.15, 0.2) is 11.5 Å². The van der Waals surface area contributed by atoms with Gasteiger partial charge in [-0.05, 0) is 89.9 Å². The molecule has 1 aliphatic heterocycles. The molecule has 0 saturated carbocycles. The summed E-state index contributed by atoms with van der Waals surface area (Å²) in [4.78, 5) is 0. The molecule has 1 N–H and O–H groups in total. The van der Waals surface area contributed by atoms with E-state index in [1.807, 2.05) is 23.5 Å². The van der Waals surface area contributed by atoms with Gasteiger partial charge in [0.1, 0.15) is 9.83 Å². The van der Waals surface area contributed by atoms with E-state index in [1.54, 1.807) is 0 Å². The van der Waals surface area contributed by atoms with Gasteiger partial charge in [0.05, 0.1) is 19.8 Å². The molecule has 1 saturated heterocycles. The van der Waals surface area contributed by atoms with Crippen molar-refractivity contribution < 1.29 is 19.0 Å². The van der Waals surface area contributed by atoms with Crippen molar-refractivity contribution in [2.45, 2.75) is 198 Å². The van der Waals surface area contributed by atoms with Gasteiger partial charge in [-0.2, -0.15) is 0 Å². The first-order chi connectivity index (χ1) is 26.1. The zero-order valence-corrected chi connectivity index (χ0v) is 38.5. The highest BCUT2D eigenvalue weighted by molar-refractivity contribution is 8.18. The largest absolute Gasteiger partial charge is 0.543 e. The van der Waals surface area contributed by atoms with E-state index < -0.39 is 8.32 Å². The van der Waals surface area contributed by atoms with E-state index in [2.05, 4.69) is 84.1 Å². The third-order valence-electron chi connectivity index (χ3n) is 11.5. The number of unbranched alkanes of at least 4 members (excludes halogenated alkanes) is 18. The minimum Gasteiger partial charge on any atom is -0.543 e. The van der Waals surface area contributed by atoms with Crippen LogP contribution in [0.2, 0.25) is 18.1 Å². The van der Waals surface area contributed by atoms with Gasteiger partial charge in [-0.1, -0.05) is 162 Å². The highest BCUT2D eigenvalue weighted by Crippen LogP contribution is 2.57. The van der Waals surface area contributed by atoms with Gasteiger partial charge in [-0.25, -0.2) is 0 Å². The number of ether oxygens (including phenoxy) is 2. The predicted molar refractivity (Wildman–Crippen MR) is 242 cm³/mol. The molecule has 0 radical (unpaired) electrons. The van der Waals surface area contributed by atoms with Gasteiger partial charge in [0.2, 0.25) is 8.32 Å². The molecular formula is C47H80O4S2Si. The average Bonchev–Trinajstić information content (AvgIpc) is 3.16. The molecule has 54 heavy (non-hydrogen) atoms. The molecular weight excluding hydrogens is 721 g/mol. The van der Waals surface area contributed by atoms with Crippen molar-refractivity contribution >= 4 is 31.8 Å². The van der Waals surface area contributed by atoms with E-state index in [-0.39, 0.29) is 15.7 Å². The molecule has 7 heteroatoms. The molecule has 308 valence electrons. The van der Waals surface area contributed by atoms with Crippen LogP contribution in [0.25, 0.3) is 0 Å². The smallest absolute Gasteiger partial charge is 0.250 e. The Bertz CT molecular complexity index is 1290. The van der Waals surface area contributed by atoms with Crippen LogP contribution in [0.15, 0.2) is 36.4 Å². The minimum absolute atomic E-state index is 0.000719. The third kappa shape index (κ3) is 15.9. The second kappa shape index (κ2) is 25.9. The van der Waals surface area contributed by atoms with Crippen LogP contribution in [0.5, 0.6) is 17.2 Å². The van der Waals surface area contributed by atoms with E-state index in [1.165, 1.54) is 128 Å². The maximum absolute atomic E-state index is 10.7. The van der Waals surface area contributed by atoms with Gasteiger partial charge >= 0.3 is 0 Å². The lowest BCUT2D eigenvalue weighted by atomic mass is 9.98. The zero-order chi connectivity index (χ0) is 39.1. The summed E-state index contributed by atoms with van der Waals surface area (Å²) in [5.41, 5.74) is 3.32. The van der Waals surface area contributed by atoms with Gasteiger partial charge in [0.25, 0.3) is 0 Å². The Kier molecular flexibility index (Phi) is 22.6. The number of hydrogen-bond donors (Lipinski definition) is 1. The zero-order valence-electron chi connectivity index (χ0n) is 35.8. The molecule has 0 unspecified atom stereocenters. The first-order valence-electron chi connectivity index (χ1n) is 22.2. The second-order valence-electron chi connectivity index (χ2n) is 17.2. The van der Waals surface area contributed by atoms with Crippen LogP contribution in [0, 0.1) is 0 Å². The lowest BCUT2D eigenvalue weighted by Gasteiger charge is -2.40. The van der Waals surface area contributed by atoms with Crippen molar-refractivity contribution in [3.05, 3.63) is 53.1 Å². The Morgan fingerprint density at radius 3 is 1.59 bits per heavy atom. The average molecular weight is 801 g/mol. The molecule has 4 nitrogen and oxygen atoms in total. The summed E-state index contributed by atoms with van der Waals surface area (Å²) in [5.74, 6) is 4.77. The Hall–Kier alpha value is -1.28. The molecule has 1 aliphatic rings. The van der Waals surface area contributed by atoms with Crippen LogP contribution < -0.4 is 13.9 Å². The molecule has 0 aromatic heterocycles. The number of aliphatic hydroxyl groups excluding tert-OH is 1. The van der Waals surface area contributed by atoms with Gasteiger partial charge in [-0.3, -0.25) is 0 Å². The molecule has 3 rings (SSSR count). The maximum Gasteiger partial charge on any atom is 0.250 e. The van der Waals surface area contributed by atoms with Crippen LogP contribution in [0.4, 0.5) is 0 Å². The highest BCUT2D eigenvalue weighted by Gasteiger charge is 2.42. The molecule has 0 spiro atoms.